The predicted octanol–water partition coefficient (Wildman–Crippen LogP) is 3.64. The number of rotatable bonds is 7. The van der Waals surface area contributed by atoms with Crippen molar-refractivity contribution in [1.29, 1.82) is 0 Å². The molecule has 0 heterocycles. The van der Waals surface area contributed by atoms with Crippen LogP contribution in [-0.2, 0) is 14.4 Å². The highest BCUT2D eigenvalue weighted by molar-refractivity contribution is 6.36. The molecule has 0 saturated heterocycles. The maximum atomic E-state index is 12.0. The van der Waals surface area contributed by atoms with Gasteiger partial charge in [0.2, 0.25) is 11.8 Å². The Morgan fingerprint density at radius 3 is 2.28 bits per heavy atom. The minimum absolute atomic E-state index is 0.0872. The first-order chi connectivity index (χ1) is 13.7. The molecule has 1 atom stereocenters. The molecule has 2 rings (SSSR count). The summed E-state index contributed by atoms with van der Waals surface area (Å²) in [5.74, 6) is -0.886. The van der Waals surface area contributed by atoms with Gasteiger partial charge in [-0.15, -0.1) is 0 Å². The van der Waals surface area contributed by atoms with Crippen LogP contribution in [0.25, 0.3) is 0 Å². The third-order valence-electron chi connectivity index (χ3n) is 3.81. The molecule has 3 N–H and O–H groups in total. The number of carbonyl (C=O) groups excluding carboxylic acids is 3. The molecular formula is C20H21Cl2N3O4. The van der Waals surface area contributed by atoms with E-state index in [4.69, 9.17) is 27.9 Å². The normalized spacial score (nSPS) is 11.3. The lowest BCUT2D eigenvalue weighted by Crippen LogP contribution is -2.47. The number of benzene rings is 2. The average molecular weight is 438 g/mol. The van der Waals surface area contributed by atoms with E-state index in [2.05, 4.69) is 16.2 Å². The lowest BCUT2D eigenvalue weighted by molar-refractivity contribution is -0.133. The molecule has 0 aromatic heterocycles. The van der Waals surface area contributed by atoms with Gasteiger partial charge in [0.1, 0.15) is 5.75 Å². The van der Waals surface area contributed by atoms with Crippen LogP contribution in [0.1, 0.15) is 25.3 Å². The largest absolute Gasteiger partial charge is 0.481 e. The minimum Gasteiger partial charge on any atom is -0.481 e. The lowest BCUT2D eigenvalue weighted by atomic mass is 10.2. The number of carbonyl (C=O) groups is 3. The number of anilines is 1. The van der Waals surface area contributed by atoms with Crippen molar-refractivity contribution >= 4 is 46.6 Å². The van der Waals surface area contributed by atoms with Gasteiger partial charge in [-0.05, 0) is 44.2 Å². The van der Waals surface area contributed by atoms with Crippen LogP contribution in [0.15, 0.2) is 42.5 Å². The molecule has 0 aliphatic carbocycles. The molecule has 9 heteroatoms. The molecule has 0 bridgehead atoms. The summed E-state index contributed by atoms with van der Waals surface area (Å²) in [5.41, 5.74) is 6.00. The van der Waals surface area contributed by atoms with Gasteiger partial charge in [0.05, 0.1) is 10.7 Å². The molecule has 2 aromatic carbocycles. The van der Waals surface area contributed by atoms with E-state index in [1.54, 1.807) is 31.2 Å². The minimum atomic E-state index is -0.812. The second-order valence-electron chi connectivity index (χ2n) is 6.28. The summed E-state index contributed by atoms with van der Waals surface area (Å²) in [6, 6.07) is 11.9. The Morgan fingerprint density at radius 1 is 0.966 bits per heavy atom. The zero-order chi connectivity index (χ0) is 21.4. The summed E-state index contributed by atoms with van der Waals surface area (Å²) in [6.07, 6.45) is -1.02. The van der Waals surface area contributed by atoms with Crippen LogP contribution < -0.4 is 20.9 Å². The number of hydrogen-bond donors (Lipinski definition) is 3. The summed E-state index contributed by atoms with van der Waals surface area (Å²) < 4.78 is 5.50. The van der Waals surface area contributed by atoms with Crippen LogP contribution in [0.2, 0.25) is 10.0 Å². The van der Waals surface area contributed by atoms with E-state index >= 15 is 0 Å². The van der Waals surface area contributed by atoms with E-state index < -0.39 is 23.8 Å². The molecule has 0 saturated carbocycles. The zero-order valence-corrected chi connectivity index (χ0v) is 17.4. The van der Waals surface area contributed by atoms with Crippen molar-refractivity contribution in [1.82, 2.24) is 10.9 Å². The smallest absolute Gasteiger partial charge is 0.279 e. The Labute approximate surface area is 178 Å². The highest BCUT2D eigenvalue weighted by Crippen LogP contribution is 2.25. The first kappa shape index (κ1) is 22.5. The summed E-state index contributed by atoms with van der Waals surface area (Å²) in [4.78, 5) is 35.8. The molecule has 0 unspecified atom stereocenters. The number of amides is 3. The van der Waals surface area contributed by atoms with Gasteiger partial charge in [0, 0.05) is 17.9 Å². The Hall–Kier alpha value is -2.77. The molecule has 29 heavy (non-hydrogen) atoms. The second-order valence-corrected chi connectivity index (χ2v) is 7.13. The molecule has 154 valence electrons. The summed E-state index contributed by atoms with van der Waals surface area (Å²) in [7, 11) is 0. The van der Waals surface area contributed by atoms with Gasteiger partial charge in [-0.3, -0.25) is 25.2 Å². The third-order valence-corrected chi connectivity index (χ3v) is 4.36. The average Bonchev–Trinajstić information content (AvgIpc) is 2.68. The van der Waals surface area contributed by atoms with Crippen molar-refractivity contribution in [2.45, 2.75) is 32.8 Å². The van der Waals surface area contributed by atoms with Crippen molar-refractivity contribution < 1.29 is 19.1 Å². The molecule has 0 spiro atoms. The van der Waals surface area contributed by atoms with E-state index in [1.807, 2.05) is 19.1 Å². The third kappa shape index (κ3) is 7.63. The van der Waals surface area contributed by atoms with Crippen LogP contribution in [0.4, 0.5) is 5.69 Å². The molecule has 0 fully saturated rings. The van der Waals surface area contributed by atoms with Gasteiger partial charge in [-0.25, -0.2) is 0 Å². The van der Waals surface area contributed by atoms with Crippen molar-refractivity contribution in [3.05, 3.63) is 58.1 Å². The SMILES string of the molecule is Cc1ccc(O[C@@H](C)C(=O)NNC(=O)CCC(=O)Nc2ccc(Cl)cc2Cl)cc1. The summed E-state index contributed by atoms with van der Waals surface area (Å²) >= 11 is 11.8. The number of hydrazine groups is 1. The van der Waals surface area contributed by atoms with Crippen molar-refractivity contribution in [3.8, 4) is 5.75 Å². The van der Waals surface area contributed by atoms with Gasteiger partial charge in [0.15, 0.2) is 6.10 Å². The molecule has 0 aliphatic rings. The van der Waals surface area contributed by atoms with Gasteiger partial charge < -0.3 is 10.1 Å². The van der Waals surface area contributed by atoms with Crippen LogP contribution in [0.3, 0.4) is 0 Å². The van der Waals surface area contributed by atoms with E-state index in [9.17, 15) is 14.4 Å². The monoisotopic (exact) mass is 437 g/mol. The van der Waals surface area contributed by atoms with Gasteiger partial charge in [-0.1, -0.05) is 40.9 Å². The van der Waals surface area contributed by atoms with Gasteiger partial charge in [-0.2, -0.15) is 0 Å². The molecular weight excluding hydrogens is 417 g/mol. The molecule has 0 aliphatic heterocycles. The van der Waals surface area contributed by atoms with Crippen LogP contribution >= 0.6 is 23.2 Å². The van der Waals surface area contributed by atoms with E-state index in [0.29, 0.717) is 21.5 Å². The topological polar surface area (TPSA) is 96.5 Å². The standard InChI is InChI=1S/C20H21Cl2N3O4/c1-12-3-6-15(7-4-12)29-13(2)20(28)25-24-19(27)10-9-18(26)23-17-8-5-14(21)11-16(17)22/h3-8,11,13H,9-10H2,1-2H3,(H,23,26)(H,24,27)(H,25,28)/t13-/m0/s1. The maximum Gasteiger partial charge on any atom is 0.279 e. The van der Waals surface area contributed by atoms with Gasteiger partial charge >= 0.3 is 0 Å². The quantitative estimate of drug-likeness (QED) is 0.576. The molecule has 7 nitrogen and oxygen atoms in total. The van der Waals surface area contributed by atoms with Crippen LogP contribution in [0.5, 0.6) is 5.75 Å². The predicted molar refractivity (Wildman–Crippen MR) is 112 cm³/mol. The van der Waals surface area contributed by atoms with E-state index in [0.717, 1.165) is 5.56 Å². The van der Waals surface area contributed by atoms with Gasteiger partial charge in [0.25, 0.3) is 5.91 Å². The Kier molecular flexibility index (Phi) is 8.30. The number of aryl methyl sites for hydroxylation is 1. The van der Waals surface area contributed by atoms with Crippen molar-refractivity contribution in [2.24, 2.45) is 0 Å². The molecule has 3 amide bonds. The molecule has 2 aromatic rings. The van der Waals surface area contributed by atoms with E-state index in [-0.39, 0.29) is 12.8 Å². The van der Waals surface area contributed by atoms with Crippen molar-refractivity contribution in [3.63, 3.8) is 0 Å². The number of halogens is 2. The Bertz CT molecular complexity index is 888. The first-order valence-electron chi connectivity index (χ1n) is 8.81. The van der Waals surface area contributed by atoms with Crippen molar-refractivity contribution in [2.75, 3.05) is 5.32 Å². The maximum absolute atomic E-state index is 12.0. The highest BCUT2D eigenvalue weighted by atomic mass is 35.5. The Morgan fingerprint density at radius 2 is 1.62 bits per heavy atom. The summed E-state index contributed by atoms with van der Waals surface area (Å²) in [6.45, 7) is 3.50. The van der Waals surface area contributed by atoms with Crippen LogP contribution in [0, 0.1) is 6.92 Å². The fourth-order valence-electron chi connectivity index (χ4n) is 2.20. The zero-order valence-electron chi connectivity index (χ0n) is 15.9. The number of ether oxygens (including phenoxy) is 1. The number of nitrogens with one attached hydrogen (secondary N) is 3. The number of hydrogen-bond acceptors (Lipinski definition) is 4. The van der Waals surface area contributed by atoms with E-state index in [1.165, 1.54) is 6.07 Å². The molecule has 0 radical (unpaired) electrons. The Balaban J connectivity index is 1.70. The summed E-state index contributed by atoms with van der Waals surface area (Å²) in [5, 5.41) is 3.33. The van der Waals surface area contributed by atoms with Crippen LogP contribution in [-0.4, -0.2) is 23.8 Å². The highest BCUT2D eigenvalue weighted by Gasteiger charge is 2.16. The fraction of sp³-hybridized carbons (Fsp3) is 0.250. The fourth-order valence-corrected chi connectivity index (χ4v) is 2.66. The second kappa shape index (κ2) is 10.7. The first-order valence-corrected chi connectivity index (χ1v) is 9.57. The lowest BCUT2D eigenvalue weighted by Gasteiger charge is -2.15.